The van der Waals surface area contributed by atoms with Crippen LogP contribution in [-0.4, -0.2) is 42.4 Å². The molecule has 1 saturated heterocycles. The molecule has 182 valence electrons. The number of nitrogens with zero attached hydrogens (tertiary/aromatic N) is 5. The van der Waals surface area contributed by atoms with Gasteiger partial charge >= 0.3 is 0 Å². The van der Waals surface area contributed by atoms with Crippen molar-refractivity contribution < 1.29 is 14.4 Å². The maximum Gasteiger partial charge on any atom is 0.277 e. The number of imide groups is 1. The molecule has 0 aliphatic carbocycles. The summed E-state index contributed by atoms with van der Waals surface area (Å²) < 4.78 is 1.83. The molecule has 1 aliphatic rings. The predicted molar refractivity (Wildman–Crippen MR) is 138 cm³/mol. The molecular weight excluding hydrogens is 468 g/mol. The van der Waals surface area contributed by atoms with Gasteiger partial charge in [-0.25, -0.2) is 4.98 Å². The number of nitrogens with one attached hydrogen (secondary N) is 1. The summed E-state index contributed by atoms with van der Waals surface area (Å²) in [5, 5.41) is 8.38. The number of carbonyl (C=O) groups excluding carboxylic acids is 3. The molecule has 1 N–H and O–H groups in total. The summed E-state index contributed by atoms with van der Waals surface area (Å²) in [5.74, 6) is -0.190. The highest BCUT2D eigenvalue weighted by Gasteiger charge is 2.28. The minimum atomic E-state index is -0.385. The van der Waals surface area contributed by atoms with E-state index in [0.717, 1.165) is 27.5 Å². The molecule has 0 unspecified atom stereocenters. The highest BCUT2D eigenvalue weighted by atomic mass is 16.2. The molecule has 0 atom stereocenters. The zero-order valence-electron chi connectivity index (χ0n) is 19.8. The van der Waals surface area contributed by atoms with Crippen molar-refractivity contribution >= 4 is 45.5 Å². The van der Waals surface area contributed by atoms with Gasteiger partial charge in [0.25, 0.3) is 5.91 Å². The number of anilines is 1. The summed E-state index contributed by atoms with van der Waals surface area (Å²) in [7, 11) is 0. The Kier molecular flexibility index (Phi) is 5.65. The van der Waals surface area contributed by atoms with Crippen LogP contribution in [0.15, 0.2) is 79.0 Å². The van der Waals surface area contributed by atoms with Crippen LogP contribution in [0, 0.1) is 0 Å². The standard InChI is InChI=1S/C28H22N6O3/c35-25-13-14-26(36)33(25)16-18-9-11-19(12-10-18)17-34-24-8-4-1-5-20(24)27(32-34)31-28(37)23-15-29-21-6-2-3-7-22(21)30-23/h1-12,15H,13-14,16-17H2,(H,31,32,37). The molecule has 6 rings (SSSR count). The average Bonchev–Trinajstić information content (AvgIpc) is 3.43. The SMILES string of the molecule is O=C(Nc1nn(Cc2ccc(CN3C(=O)CCC3=O)cc2)c2ccccc12)c1cnc2ccccc2n1. The molecule has 1 aliphatic heterocycles. The Bertz CT molecular complexity index is 1660. The Balaban J connectivity index is 1.22. The third-order valence-corrected chi connectivity index (χ3v) is 6.42. The monoisotopic (exact) mass is 490 g/mol. The first kappa shape index (κ1) is 22.5. The van der Waals surface area contributed by atoms with Gasteiger partial charge < -0.3 is 5.32 Å². The second-order valence-electron chi connectivity index (χ2n) is 8.91. The summed E-state index contributed by atoms with van der Waals surface area (Å²) in [4.78, 5) is 46.9. The third-order valence-electron chi connectivity index (χ3n) is 6.42. The van der Waals surface area contributed by atoms with Crippen molar-refractivity contribution in [2.24, 2.45) is 0 Å². The molecule has 3 heterocycles. The summed E-state index contributed by atoms with van der Waals surface area (Å²) >= 11 is 0. The number of fused-ring (bicyclic) bond motifs is 2. The minimum Gasteiger partial charge on any atom is -0.303 e. The Morgan fingerprint density at radius 2 is 1.46 bits per heavy atom. The largest absolute Gasteiger partial charge is 0.303 e. The van der Waals surface area contributed by atoms with Crippen LogP contribution in [0.4, 0.5) is 5.82 Å². The molecule has 2 aromatic heterocycles. The van der Waals surface area contributed by atoms with Crippen LogP contribution in [0.2, 0.25) is 0 Å². The van der Waals surface area contributed by atoms with Crippen LogP contribution in [0.1, 0.15) is 34.5 Å². The van der Waals surface area contributed by atoms with Crippen molar-refractivity contribution in [1.82, 2.24) is 24.6 Å². The van der Waals surface area contributed by atoms with Crippen molar-refractivity contribution in [3.63, 3.8) is 0 Å². The molecule has 5 aromatic rings. The average molecular weight is 491 g/mol. The molecule has 37 heavy (non-hydrogen) atoms. The van der Waals surface area contributed by atoms with E-state index in [1.165, 1.54) is 11.1 Å². The molecule has 3 amide bonds. The van der Waals surface area contributed by atoms with Crippen molar-refractivity contribution in [3.8, 4) is 0 Å². The summed E-state index contributed by atoms with van der Waals surface area (Å²) in [6.07, 6.45) is 2.03. The Morgan fingerprint density at radius 3 is 2.22 bits per heavy atom. The fraction of sp³-hybridized carbons (Fsp3) is 0.143. The van der Waals surface area contributed by atoms with Gasteiger partial charge in [-0.3, -0.25) is 28.9 Å². The first-order chi connectivity index (χ1) is 18.0. The first-order valence-electron chi connectivity index (χ1n) is 11.9. The van der Waals surface area contributed by atoms with Gasteiger partial charge in [0.2, 0.25) is 11.8 Å². The quantitative estimate of drug-likeness (QED) is 0.361. The fourth-order valence-corrected chi connectivity index (χ4v) is 4.48. The van der Waals surface area contributed by atoms with Crippen LogP contribution < -0.4 is 5.32 Å². The number of carbonyl (C=O) groups is 3. The molecule has 0 spiro atoms. The maximum absolute atomic E-state index is 13.0. The van der Waals surface area contributed by atoms with Gasteiger partial charge in [-0.05, 0) is 35.4 Å². The molecule has 0 saturated carbocycles. The van der Waals surface area contributed by atoms with Crippen molar-refractivity contribution in [3.05, 3.63) is 95.8 Å². The molecule has 0 radical (unpaired) electrons. The Hall–Kier alpha value is -4.92. The number of amides is 3. The van der Waals surface area contributed by atoms with Gasteiger partial charge in [-0.15, -0.1) is 0 Å². The molecule has 3 aromatic carbocycles. The van der Waals surface area contributed by atoms with Gasteiger partial charge in [0.1, 0.15) is 5.69 Å². The summed E-state index contributed by atoms with van der Waals surface area (Å²) in [6, 6.07) is 22.8. The zero-order valence-corrected chi connectivity index (χ0v) is 19.8. The van der Waals surface area contributed by atoms with E-state index >= 15 is 0 Å². The topological polar surface area (TPSA) is 110 Å². The van der Waals surface area contributed by atoms with Crippen molar-refractivity contribution in [2.75, 3.05) is 5.32 Å². The second-order valence-corrected chi connectivity index (χ2v) is 8.91. The molecule has 0 bridgehead atoms. The number of likely N-dealkylation sites (tertiary alicyclic amines) is 1. The van der Waals surface area contributed by atoms with E-state index in [1.54, 1.807) is 0 Å². The maximum atomic E-state index is 13.0. The van der Waals surface area contributed by atoms with Crippen LogP contribution in [0.25, 0.3) is 21.9 Å². The molecular formula is C28H22N6O3. The predicted octanol–water partition coefficient (Wildman–Crippen LogP) is 3.93. The third kappa shape index (κ3) is 4.42. The molecule has 1 fully saturated rings. The van der Waals surface area contributed by atoms with Gasteiger partial charge in [0, 0.05) is 18.2 Å². The van der Waals surface area contributed by atoms with E-state index in [1.807, 2.05) is 77.5 Å². The highest BCUT2D eigenvalue weighted by Crippen LogP contribution is 2.24. The number of hydrogen-bond acceptors (Lipinski definition) is 6. The van der Waals surface area contributed by atoms with E-state index in [0.29, 0.717) is 17.9 Å². The Labute approximate surface area is 211 Å². The van der Waals surface area contributed by atoms with Crippen LogP contribution >= 0.6 is 0 Å². The van der Waals surface area contributed by atoms with Gasteiger partial charge in [0.15, 0.2) is 5.82 Å². The smallest absolute Gasteiger partial charge is 0.277 e. The number of aromatic nitrogens is 4. The number of para-hydroxylation sites is 3. The number of rotatable bonds is 6. The molecule has 9 heteroatoms. The van der Waals surface area contributed by atoms with E-state index in [-0.39, 0.29) is 42.8 Å². The van der Waals surface area contributed by atoms with Crippen molar-refractivity contribution in [2.45, 2.75) is 25.9 Å². The first-order valence-corrected chi connectivity index (χ1v) is 11.9. The van der Waals surface area contributed by atoms with Gasteiger partial charge in [-0.1, -0.05) is 48.5 Å². The van der Waals surface area contributed by atoms with E-state index < -0.39 is 0 Å². The normalized spacial score (nSPS) is 13.6. The lowest BCUT2D eigenvalue weighted by Gasteiger charge is -2.14. The van der Waals surface area contributed by atoms with Crippen LogP contribution in [0.3, 0.4) is 0 Å². The van der Waals surface area contributed by atoms with Gasteiger partial charge in [0.05, 0.1) is 35.8 Å². The summed E-state index contributed by atoms with van der Waals surface area (Å²) in [5.41, 5.74) is 4.34. The summed E-state index contributed by atoms with van der Waals surface area (Å²) in [6.45, 7) is 0.768. The Morgan fingerprint density at radius 1 is 0.811 bits per heavy atom. The minimum absolute atomic E-state index is 0.124. The van der Waals surface area contributed by atoms with E-state index in [2.05, 4.69) is 20.4 Å². The second kappa shape index (κ2) is 9.27. The molecule has 9 nitrogen and oxygen atoms in total. The van der Waals surface area contributed by atoms with E-state index in [9.17, 15) is 14.4 Å². The lowest BCUT2D eigenvalue weighted by molar-refractivity contribution is -0.139. The van der Waals surface area contributed by atoms with Gasteiger partial charge in [-0.2, -0.15) is 5.10 Å². The van der Waals surface area contributed by atoms with Crippen LogP contribution in [-0.2, 0) is 22.7 Å². The number of hydrogen-bond donors (Lipinski definition) is 1. The highest BCUT2D eigenvalue weighted by molar-refractivity contribution is 6.07. The lowest BCUT2D eigenvalue weighted by Crippen LogP contribution is -2.28. The zero-order chi connectivity index (χ0) is 25.4. The van der Waals surface area contributed by atoms with Crippen LogP contribution in [0.5, 0.6) is 0 Å². The van der Waals surface area contributed by atoms with Crippen molar-refractivity contribution in [1.29, 1.82) is 0 Å². The number of benzene rings is 3. The lowest BCUT2D eigenvalue weighted by atomic mass is 10.1. The fourth-order valence-electron chi connectivity index (χ4n) is 4.48. The van der Waals surface area contributed by atoms with E-state index in [4.69, 9.17) is 0 Å².